The SMILES string of the molecule is CSc1ccccc1C(=O)Nc1cccc(F)c1C(N)=S. The summed E-state index contributed by atoms with van der Waals surface area (Å²) in [5, 5.41) is 2.66. The number of carbonyl (C=O) groups is 1. The topological polar surface area (TPSA) is 55.1 Å². The van der Waals surface area contributed by atoms with Gasteiger partial charge in [0.25, 0.3) is 5.91 Å². The van der Waals surface area contributed by atoms with Gasteiger partial charge in [0, 0.05) is 4.90 Å². The highest BCUT2D eigenvalue weighted by atomic mass is 32.2. The molecule has 2 rings (SSSR count). The molecular formula is C15H13FN2OS2. The predicted molar refractivity (Wildman–Crippen MR) is 88.5 cm³/mol. The van der Waals surface area contributed by atoms with E-state index in [9.17, 15) is 9.18 Å². The van der Waals surface area contributed by atoms with Gasteiger partial charge in [0.1, 0.15) is 10.8 Å². The van der Waals surface area contributed by atoms with Gasteiger partial charge in [0.2, 0.25) is 0 Å². The zero-order chi connectivity index (χ0) is 15.4. The summed E-state index contributed by atoms with van der Waals surface area (Å²) >= 11 is 6.30. The van der Waals surface area contributed by atoms with Crippen LogP contribution in [0.1, 0.15) is 15.9 Å². The zero-order valence-corrected chi connectivity index (χ0v) is 12.9. The molecule has 0 saturated carbocycles. The molecule has 21 heavy (non-hydrogen) atoms. The molecule has 0 spiro atoms. The molecule has 0 aromatic heterocycles. The normalized spacial score (nSPS) is 10.2. The number of benzene rings is 2. The minimum Gasteiger partial charge on any atom is -0.389 e. The Morgan fingerprint density at radius 2 is 1.95 bits per heavy atom. The van der Waals surface area contributed by atoms with Crippen LogP contribution in [0, 0.1) is 5.82 Å². The lowest BCUT2D eigenvalue weighted by Crippen LogP contribution is -2.19. The van der Waals surface area contributed by atoms with E-state index in [1.165, 1.54) is 23.9 Å². The van der Waals surface area contributed by atoms with Crippen molar-refractivity contribution in [1.82, 2.24) is 0 Å². The van der Waals surface area contributed by atoms with Gasteiger partial charge < -0.3 is 11.1 Å². The van der Waals surface area contributed by atoms with Gasteiger partial charge in [0.15, 0.2) is 0 Å². The molecule has 108 valence electrons. The van der Waals surface area contributed by atoms with Crippen molar-refractivity contribution in [3.8, 4) is 0 Å². The number of nitrogens with one attached hydrogen (secondary N) is 1. The maximum Gasteiger partial charge on any atom is 0.256 e. The van der Waals surface area contributed by atoms with Gasteiger partial charge >= 0.3 is 0 Å². The van der Waals surface area contributed by atoms with E-state index in [0.717, 1.165) is 4.90 Å². The summed E-state index contributed by atoms with van der Waals surface area (Å²) < 4.78 is 13.8. The van der Waals surface area contributed by atoms with Crippen molar-refractivity contribution >= 4 is 40.6 Å². The van der Waals surface area contributed by atoms with E-state index in [-0.39, 0.29) is 22.1 Å². The number of halogens is 1. The van der Waals surface area contributed by atoms with Crippen LogP contribution in [0.25, 0.3) is 0 Å². The van der Waals surface area contributed by atoms with Crippen molar-refractivity contribution in [3.05, 3.63) is 59.4 Å². The van der Waals surface area contributed by atoms with Gasteiger partial charge in [-0.2, -0.15) is 0 Å². The van der Waals surface area contributed by atoms with Crippen LogP contribution in [-0.2, 0) is 0 Å². The van der Waals surface area contributed by atoms with Gasteiger partial charge in [-0.25, -0.2) is 4.39 Å². The van der Waals surface area contributed by atoms with Crippen molar-refractivity contribution in [2.45, 2.75) is 4.90 Å². The van der Waals surface area contributed by atoms with Crippen molar-refractivity contribution in [2.75, 3.05) is 11.6 Å². The summed E-state index contributed by atoms with van der Waals surface area (Å²) in [6.07, 6.45) is 1.88. The number of hydrogen-bond donors (Lipinski definition) is 2. The maximum absolute atomic E-state index is 13.8. The van der Waals surface area contributed by atoms with E-state index < -0.39 is 5.82 Å². The van der Waals surface area contributed by atoms with Crippen molar-refractivity contribution < 1.29 is 9.18 Å². The van der Waals surface area contributed by atoms with E-state index in [1.807, 2.05) is 18.4 Å². The zero-order valence-electron chi connectivity index (χ0n) is 11.2. The first-order valence-electron chi connectivity index (χ1n) is 6.07. The Hall–Kier alpha value is -1.92. The molecule has 0 aliphatic heterocycles. The molecule has 0 saturated heterocycles. The van der Waals surface area contributed by atoms with Crippen LogP contribution in [0.2, 0.25) is 0 Å². The second-order valence-corrected chi connectivity index (χ2v) is 5.47. The quantitative estimate of drug-likeness (QED) is 0.669. The molecular weight excluding hydrogens is 307 g/mol. The van der Waals surface area contributed by atoms with E-state index in [2.05, 4.69) is 5.32 Å². The second-order valence-electron chi connectivity index (χ2n) is 4.18. The van der Waals surface area contributed by atoms with Crippen LogP contribution in [0.3, 0.4) is 0 Å². The predicted octanol–water partition coefficient (Wildman–Crippen LogP) is 3.43. The Labute approximate surface area is 131 Å². The van der Waals surface area contributed by atoms with E-state index >= 15 is 0 Å². The Balaban J connectivity index is 2.37. The average Bonchev–Trinajstić information content (AvgIpc) is 2.46. The fourth-order valence-corrected chi connectivity index (χ4v) is 2.70. The monoisotopic (exact) mass is 320 g/mol. The van der Waals surface area contributed by atoms with Crippen molar-refractivity contribution in [2.24, 2.45) is 5.73 Å². The molecule has 0 heterocycles. The molecule has 3 N–H and O–H groups in total. The summed E-state index contributed by atoms with van der Waals surface area (Å²) in [5.41, 5.74) is 6.35. The average molecular weight is 320 g/mol. The largest absolute Gasteiger partial charge is 0.389 e. The Kier molecular flexibility index (Phi) is 4.93. The number of rotatable bonds is 4. The summed E-state index contributed by atoms with van der Waals surface area (Å²) in [4.78, 5) is 13.1. The summed E-state index contributed by atoms with van der Waals surface area (Å²) in [5.74, 6) is -0.887. The van der Waals surface area contributed by atoms with E-state index in [4.69, 9.17) is 18.0 Å². The van der Waals surface area contributed by atoms with Crippen molar-refractivity contribution in [1.29, 1.82) is 0 Å². The molecule has 3 nitrogen and oxygen atoms in total. The highest BCUT2D eigenvalue weighted by molar-refractivity contribution is 7.98. The molecule has 0 fully saturated rings. The summed E-state index contributed by atoms with van der Waals surface area (Å²) in [6, 6.07) is 11.5. The molecule has 0 aliphatic carbocycles. The first-order chi connectivity index (χ1) is 10.0. The van der Waals surface area contributed by atoms with Crippen LogP contribution in [0.15, 0.2) is 47.4 Å². The third kappa shape index (κ3) is 3.40. The Morgan fingerprint density at radius 3 is 2.62 bits per heavy atom. The molecule has 2 aromatic carbocycles. The lowest BCUT2D eigenvalue weighted by Gasteiger charge is -2.12. The molecule has 0 atom stereocenters. The first kappa shape index (κ1) is 15.5. The van der Waals surface area contributed by atoms with Gasteiger partial charge in [0.05, 0.1) is 16.8 Å². The van der Waals surface area contributed by atoms with Crippen LogP contribution < -0.4 is 11.1 Å². The lowest BCUT2D eigenvalue weighted by atomic mass is 10.1. The smallest absolute Gasteiger partial charge is 0.256 e. The molecule has 0 unspecified atom stereocenters. The highest BCUT2D eigenvalue weighted by Crippen LogP contribution is 2.23. The van der Waals surface area contributed by atoms with Gasteiger partial charge in [-0.05, 0) is 30.5 Å². The van der Waals surface area contributed by atoms with Gasteiger partial charge in [-0.1, -0.05) is 30.4 Å². The Bertz CT molecular complexity index is 704. The molecule has 6 heteroatoms. The molecule has 0 aliphatic rings. The fourth-order valence-electron chi connectivity index (χ4n) is 1.90. The van der Waals surface area contributed by atoms with E-state index in [1.54, 1.807) is 18.2 Å². The number of carbonyl (C=O) groups excluding carboxylic acids is 1. The lowest BCUT2D eigenvalue weighted by molar-refractivity contribution is 0.102. The number of hydrogen-bond acceptors (Lipinski definition) is 3. The standard InChI is InChI=1S/C15H13FN2OS2/c1-21-12-8-3-2-5-9(12)15(19)18-11-7-4-6-10(16)13(11)14(17)20/h2-8H,1H3,(H2,17,20)(H,18,19). The first-order valence-corrected chi connectivity index (χ1v) is 7.70. The minimum atomic E-state index is -0.557. The third-order valence-electron chi connectivity index (χ3n) is 2.86. The Morgan fingerprint density at radius 1 is 1.24 bits per heavy atom. The number of thioether (sulfide) groups is 1. The van der Waals surface area contributed by atoms with Crippen molar-refractivity contribution in [3.63, 3.8) is 0 Å². The van der Waals surface area contributed by atoms with Crippen LogP contribution in [0.5, 0.6) is 0 Å². The summed E-state index contributed by atoms with van der Waals surface area (Å²) in [7, 11) is 0. The minimum absolute atomic E-state index is 0.0440. The number of thiocarbonyl (C=S) groups is 1. The molecule has 1 amide bonds. The molecule has 0 radical (unpaired) electrons. The second kappa shape index (κ2) is 6.69. The molecule has 0 bridgehead atoms. The number of anilines is 1. The van der Waals surface area contributed by atoms with Crippen LogP contribution >= 0.6 is 24.0 Å². The summed E-state index contributed by atoms with van der Waals surface area (Å²) in [6.45, 7) is 0. The van der Waals surface area contributed by atoms with Crippen LogP contribution in [0.4, 0.5) is 10.1 Å². The highest BCUT2D eigenvalue weighted by Gasteiger charge is 2.16. The van der Waals surface area contributed by atoms with Gasteiger partial charge in [-0.15, -0.1) is 11.8 Å². The molecule has 2 aromatic rings. The fraction of sp³-hybridized carbons (Fsp3) is 0.0667. The maximum atomic E-state index is 13.8. The number of nitrogens with two attached hydrogens (primary N) is 1. The third-order valence-corrected chi connectivity index (χ3v) is 3.86. The van der Waals surface area contributed by atoms with Gasteiger partial charge in [-0.3, -0.25) is 4.79 Å². The van der Waals surface area contributed by atoms with Crippen LogP contribution in [-0.4, -0.2) is 17.2 Å². The number of amides is 1. The van der Waals surface area contributed by atoms with E-state index in [0.29, 0.717) is 5.56 Å².